The Hall–Kier alpha value is -1.06. The van der Waals surface area contributed by atoms with Crippen LogP contribution in [0.1, 0.15) is 30.4 Å². The number of rotatable bonds is 5. The van der Waals surface area contributed by atoms with Crippen molar-refractivity contribution >= 4 is 0 Å². The third-order valence-electron chi connectivity index (χ3n) is 4.63. The summed E-state index contributed by atoms with van der Waals surface area (Å²) >= 11 is 0. The number of nitrogens with one attached hydrogen (secondary N) is 1. The average Bonchev–Trinajstić information content (AvgIpc) is 2.94. The normalized spacial score (nSPS) is 22.6. The Bertz CT molecular complexity index is 445. The van der Waals surface area contributed by atoms with Crippen LogP contribution in [0.25, 0.3) is 0 Å². The van der Waals surface area contributed by atoms with Crippen LogP contribution in [-0.4, -0.2) is 44.2 Å². The summed E-state index contributed by atoms with van der Waals surface area (Å²) < 4.78 is 5.58. The van der Waals surface area contributed by atoms with Crippen molar-refractivity contribution in [2.75, 3.05) is 33.3 Å². The van der Waals surface area contributed by atoms with E-state index in [0.29, 0.717) is 0 Å². The second-order valence-electron chi connectivity index (χ2n) is 6.03. The Balaban J connectivity index is 1.57. The van der Waals surface area contributed by atoms with Crippen LogP contribution in [0, 0.1) is 0 Å². The first-order valence-corrected chi connectivity index (χ1v) is 8.00. The zero-order valence-electron chi connectivity index (χ0n) is 12.5. The van der Waals surface area contributed by atoms with Crippen LogP contribution >= 0.6 is 0 Å². The minimum absolute atomic E-state index is 0.728. The summed E-state index contributed by atoms with van der Waals surface area (Å²) in [6.45, 7) is 4.43. The van der Waals surface area contributed by atoms with Gasteiger partial charge in [0, 0.05) is 25.6 Å². The molecular weight excluding hydrogens is 248 g/mol. The molecule has 110 valence electrons. The number of nitrogens with zero attached hydrogens (tertiary/aromatic N) is 1. The summed E-state index contributed by atoms with van der Waals surface area (Å²) in [7, 11) is 2.06. The summed E-state index contributed by atoms with van der Waals surface area (Å²) in [6.07, 6.45) is 6.33. The van der Waals surface area contributed by atoms with E-state index in [4.69, 9.17) is 4.74 Å². The molecule has 1 aromatic rings. The van der Waals surface area contributed by atoms with Gasteiger partial charge in [-0.2, -0.15) is 0 Å². The molecule has 2 aliphatic heterocycles. The Morgan fingerprint density at radius 3 is 3.20 bits per heavy atom. The molecule has 3 rings (SSSR count). The lowest BCUT2D eigenvalue weighted by atomic mass is 10.0. The van der Waals surface area contributed by atoms with Gasteiger partial charge in [0.2, 0.25) is 0 Å². The number of fused-ring (bicyclic) bond motifs is 1. The van der Waals surface area contributed by atoms with E-state index in [-0.39, 0.29) is 0 Å². The van der Waals surface area contributed by atoms with E-state index in [1.807, 2.05) is 0 Å². The SMILES string of the molecule is CNCC1CCCCN1CCc1ccc2c(c1)CCO2. The number of hydrogen-bond acceptors (Lipinski definition) is 3. The predicted octanol–water partition coefficient (Wildman–Crippen LogP) is 2.24. The molecule has 0 spiro atoms. The summed E-state index contributed by atoms with van der Waals surface area (Å²) in [6, 6.07) is 7.46. The third kappa shape index (κ3) is 3.15. The van der Waals surface area contributed by atoms with Gasteiger partial charge in [0.05, 0.1) is 6.61 Å². The van der Waals surface area contributed by atoms with Gasteiger partial charge in [-0.1, -0.05) is 18.6 Å². The third-order valence-corrected chi connectivity index (χ3v) is 4.63. The molecule has 0 aromatic heterocycles. The maximum atomic E-state index is 5.58. The van der Waals surface area contributed by atoms with E-state index < -0.39 is 0 Å². The Morgan fingerprint density at radius 2 is 2.30 bits per heavy atom. The highest BCUT2D eigenvalue weighted by Gasteiger charge is 2.21. The fraction of sp³-hybridized carbons (Fsp3) is 0.647. The fourth-order valence-electron chi connectivity index (χ4n) is 3.49. The average molecular weight is 274 g/mol. The Labute approximate surface area is 122 Å². The summed E-state index contributed by atoms with van der Waals surface area (Å²) in [5, 5.41) is 3.34. The van der Waals surface area contributed by atoms with Gasteiger partial charge >= 0.3 is 0 Å². The van der Waals surface area contributed by atoms with Gasteiger partial charge in [-0.15, -0.1) is 0 Å². The second-order valence-corrected chi connectivity index (χ2v) is 6.03. The molecule has 20 heavy (non-hydrogen) atoms. The highest BCUT2D eigenvalue weighted by atomic mass is 16.5. The quantitative estimate of drug-likeness (QED) is 0.891. The molecule has 2 aliphatic rings. The van der Waals surface area contributed by atoms with Crippen molar-refractivity contribution in [1.82, 2.24) is 10.2 Å². The highest BCUT2D eigenvalue weighted by molar-refractivity contribution is 5.39. The van der Waals surface area contributed by atoms with E-state index in [0.717, 1.165) is 37.8 Å². The molecule has 0 radical (unpaired) electrons. The van der Waals surface area contributed by atoms with E-state index in [1.54, 1.807) is 0 Å². The monoisotopic (exact) mass is 274 g/mol. The molecule has 0 bridgehead atoms. The van der Waals surface area contributed by atoms with Gasteiger partial charge < -0.3 is 10.1 Å². The van der Waals surface area contributed by atoms with Gasteiger partial charge in [-0.3, -0.25) is 4.90 Å². The van der Waals surface area contributed by atoms with Crippen molar-refractivity contribution in [2.24, 2.45) is 0 Å². The van der Waals surface area contributed by atoms with Crippen LogP contribution in [0.3, 0.4) is 0 Å². The van der Waals surface area contributed by atoms with Gasteiger partial charge in [0.1, 0.15) is 5.75 Å². The Morgan fingerprint density at radius 1 is 1.35 bits per heavy atom. The fourth-order valence-corrected chi connectivity index (χ4v) is 3.49. The zero-order valence-corrected chi connectivity index (χ0v) is 12.5. The number of piperidine rings is 1. The van der Waals surface area contributed by atoms with Crippen LogP contribution in [0.15, 0.2) is 18.2 Å². The number of ether oxygens (including phenoxy) is 1. The molecule has 0 aliphatic carbocycles. The predicted molar refractivity (Wildman–Crippen MR) is 82.5 cm³/mol. The summed E-state index contributed by atoms with van der Waals surface area (Å²) in [5.74, 6) is 1.10. The second kappa shape index (κ2) is 6.59. The number of likely N-dealkylation sites (tertiary alicyclic amines) is 1. The summed E-state index contributed by atoms with van der Waals surface area (Å²) in [4.78, 5) is 2.67. The standard InChI is InChI=1S/C17H26N2O/c1-18-13-16-4-2-3-9-19(16)10-7-14-5-6-17-15(12-14)8-11-20-17/h5-6,12,16,18H,2-4,7-11,13H2,1H3. The summed E-state index contributed by atoms with van der Waals surface area (Å²) in [5.41, 5.74) is 2.86. The first kappa shape index (κ1) is 13.9. The topological polar surface area (TPSA) is 24.5 Å². The van der Waals surface area contributed by atoms with E-state index >= 15 is 0 Å². The minimum atomic E-state index is 0.728. The maximum Gasteiger partial charge on any atom is 0.122 e. The van der Waals surface area contributed by atoms with E-state index in [2.05, 4.69) is 35.5 Å². The molecule has 1 fully saturated rings. The van der Waals surface area contributed by atoms with E-state index in [9.17, 15) is 0 Å². The molecule has 3 nitrogen and oxygen atoms in total. The molecule has 2 heterocycles. The van der Waals surface area contributed by atoms with Crippen molar-refractivity contribution in [3.05, 3.63) is 29.3 Å². The van der Waals surface area contributed by atoms with Crippen molar-refractivity contribution in [3.63, 3.8) is 0 Å². The molecule has 0 saturated carbocycles. The van der Waals surface area contributed by atoms with Crippen LogP contribution in [0.4, 0.5) is 0 Å². The van der Waals surface area contributed by atoms with Crippen LogP contribution in [0.2, 0.25) is 0 Å². The largest absolute Gasteiger partial charge is 0.493 e. The smallest absolute Gasteiger partial charge is 0.122 e. The van der Waals surface area contributed by atoms with Gasteiger partial charge in [-0.05, 0) is 50.0 Å². The number of likely N-dealkylation sites (N-methyl/N-ethyl adjacent to an activating group) is 1. The van der Waals surface area contributed by atoms with E-state index in [1.165, 1.54) is 43.5 Å². The minimum Gasteiger partial charge on any atom is -0.493 e. The van der Waals surface area contributed by atoms with Crippen molar-refractivity contribution in [2.45, 2.75) is 38.1 Å². The van der Waals surface area contributed by atoms with Crippen molar-refractivity contribution in [1.29, 1.82) is 0 Å². The lowest BCUT2D eigenvalue weighted by Gasteiger charge is -2.35. The molecule has 1 saturated heterocycles. The first-order chi connectivity index (χ1) is 9.86. The number of hydrogen-bond donors (Lipinski definition) is 1. The van der Waals surface area contributed by atoms with Gasteiger partial charge in [0.15, 0.2) is 0 Å². The van der Waals surface area contributed by atoms with Gasteiger partial charge in [0.25, 0.3) is 0 Å². The zero-order chi connectivity index (χ0) is 13.8. The Kier molecular flexibility index (Phi) is 4.58. The van der Waals surface area contributed by atoms with Crippen LogP contribution in [0.5, 0.6) is 5.75 Å². The first-order valence-electron chi connectivity index (χ1n) is 8.00. The van der Waals surface area contributed by atoms with Crippen molar-refractivity contribution < 1.29 is 4.74 Å². The molecule has 1 N–H and O–H groups in total. The maximum absolute atomic E-state index is 5.58. The molecule has 3 heteroatoms. The molecule has 1 atom stereocenters. The van der Waals surface area contributed by atoms with Gasteiger partial charge in [-0.25, -0.2) is 0 Å². The van der Waals surface area contributed by atoms with Crippen LogP contribution < -0.4 is 10.1 Å². The van der Waals surface area contributed by atoms with Crippen LogP contribution in [-0.2, 0) is 12.8 Å². The molecule has 0 amide bonds. The molecule has 1 aromatic carbocycles. The van der Waals surface area contributed by atoms with Crippen molar-refractivity contribution in [3.8, 4) is 5.75 Å². The number of benzene rings is 1. The molecule has 1 unspecified atom stereocenters. The lowest BCUT2D eigenvalue weighted by Crippen LogP contribution is -2.45. The lowest BCUT2D eigenvalue weighted by molar-refractivity contribution is 0.149. The highest BCUT2D eigenvalue weighted by Crippen LogP contribution is 2.26. The molecular formula is C17H26N2O.